The summed E-state index contributed by atoms with van der Waals surface area (Å²) in [4.78, 5) is 22.4. The molecule has 0 amide bonds. The lowest BCUT2D eigenvalue weighted by Crippen LogP contribution is -2.25. The monoisotopic (exact) mass is 272 g/mol. The molecule has 1 atom stereocenters. The van der Waals surface area contributed by atoms with E-state index in [9.17, 15) is 9.59 Å². The van der Waals surface area contributed by atoms with E-state index in [1.54, 1.807) is 6.92 Å². The molecule has 0 saturated carbocycles. The van der Waals surface area contributed by atoms with Crippen LogP contribution in [0.3, 0.4) is 0 Å². The molecule has 4 heteroatoms. The van der Waals surface area contributed by atoms with Crippen LogP contribution in [-0.4, -0.2) is 23.7 Å². The Morgan fingerprint density at radius 1 is 0.947 bits per heavy atom. The minimum Gasteiger partial charge on any atom is -0.481 e. The Balaban J connectivity index is 3.65. The summed E-state index contributed by atoms with van der Waals surface area (Å²) in [7, 11) is 0. The van der Waals surface area contributed by atoms with Crippen LogP contribution in [0.5, 0.6) is 0 Å². The zero-order chi connectivity index (χ0) is 14.5. The first-order chi connectivity index (χ1) is 9.13. The molecule has 1 unspecified atom stereocenters. The van der Waals surface area contributed by atoms with Gasteiger partial charge in [0.25, 0.3) is 0 Å². The van der Waals surface area contributed by atoms with Crippen molar-refractivity contribution in [3.63, 3.8) is 0 Å². The van der Waals surface area contributed by atoms with Crippen molar-refractivity contribution in [1.29, 1.82) is 0 Å². The number of carboxylic acids is 1. The van der Waals surface area contributed by atoms with Gasteiger partial charge < -0.3 is 9.84 Å². The summed E-state index contributed by atoms with van der Waals surface area (Å²) in [6.07, 6.45) is 9.59. The van der Waals surface area contributed by atoms with Gasteiger partial charge in [-0.2, -0.15) is 0 Å². The molecule has 112 valence electrons. The van der Waals surface area contributed by atoms with Gasteiger partial charge in [-0.05, 0) is 13.3 Å². The quantitative estimate of drug-likeness (QED) is 0.333. The molecule has 1 N–H and O–H groups in total. The molecule has 0 heterocycles. The maximum absolute atomic E-state index is 11.4. The number of carbonyl (C=O) groups is 2. The highest BCUT2D eigenvalue weighted by molar-refractivity contribution is 5.93. The molecule has 0 spiro atoms. The molecule has 0 aliphatic heterocycles. The maximum atomic E-state index is 11.4. The van der Waals surface area contributed by atoms with Crippen LogP contribution in [-0.2, 0) is 14.3 Å². The molecule has 0 aliphatic rings. The largest absolute Gasteiger partial charge is 0.481 e. The van der Waals surface area contributed by atoms with E-state index in [2.05, 4.69) is 6.92 Å². The Labute approximate surface area is 116 Å². The number of ether oxygens (including phenoxy) is 1. The zero-order valence-electron chi connectivity index (χ0n) is 12.3. The van der Waals surface area contributed by atoms with E-state index in [0.717, 1.165) is 19.3 Å². The topological polar surface area (TPSA) is 63.6 Å². The van der Waals surface area contributed by atoms with Crippen molar-refractivity contribution in [2.24, 2.45) is 5.92 Å². The third-order valence-corrected chi connectivity index (χ3v) is 3.22. The van der Waals surface area contributed by atoms with Gasteiger partial charge in [-0.1, -0.05) is 58.3 Å². The van der Waals surface area contributed by atoms with Crippen LogP contribution in [0.4, 0.5) is 0 Å². The predicted octanol–water partition coefficient (Wildman–Crippen LogP) is 3.78. The van der Waals surface area contributed by atoms with Gasteiger partial charge in [0.2, 0.25) is 0 Å². The Bertz CT molecular complexity index is 251. The van der Waals surface area contributed by atoms with Gasteiger partial charge in [0.05, 0.1) is 6.61 Å². The third kappa shape index (κ3) is 9.51. The number of hydrogen-bond acceptors (Lipinski definition) is 3. The highest BCUT2D eigenvalue weighted by Crippen LogP contribution is 2.15. The Morgan fingerprint density at radius 3 is 1.95 bits per heavy atom. The Morgan fingerprint density at radius 2 is 1.47 bits per heavy atom. The number of esters is 1. The number of unbranched alkanes of at least 4 members (excludes halogenated alkanes) is 7. The highest BCUT2D eigenvalue weighted by atomic mass is 16.5. The van der Waals surface area contributed by atoms with E-state index in [0.29, 0.717) is 6.42 Å². The minimum absolute atomic E-state index is 0.236. The Hall–Kier alpha value is -1.06. The fourth-order valence-corrected chi connectivity index (χ4v) is 2.07. The molecule has 0 aromatic carbocycles. The molecule has 0 fully saturated rings. The van der Waals surface area contributed by atoms with Crippen LogP contribution < -0.4 is 0 Å². The van der Waals surface area contributed by atoms with Gasteiger partial charge in [0.1, 0.15) is 0 Å². The van der Waals surface area contributed by atoms with Crippen LogP contribution >= 0.6 is 0 Å². The van der Waals surface area contributed by atoms with E-state index in [1.807, 2.05) is 0 Å². The lowest BCUT2D eigenvalue weighted by molar-refractivity contribution is -0.158. The number of carbonyl (C=O) groups excluding carboxylic acids is 1. The molecular weight excluding hydrogens is 244 g/mol. The minimum atomic E-state index is -1.07. The van der Waals surface area contributed by atoms with Crippen molar-refractivity contribution in [3.8, 4) is 0 Å². The van der Waals surface area contributed by atoms with E-state index in [4.69, 9.17) is 9.84 Å². The van der Waals surface area contributed by atoms with Crippen LogP contribution in [0.25, 0.3) is 0 Å². The summed E-state index contributed by atoms with van der Waals surface area (Å²) in [6, 6.07) is 0. The first-order valence-electron chi connectivity index (χ1n) is 7.52. The Kier molecular flexibility index (Phi) is 11.3. The normalized spacial score (nSPS) is 12.1. The number of hydrogen-bond donors (Lipinski definition) is 1. The van der Waals surface area contributed by atoms with Crippen molar-refractivity contribution >= 4 is 11.9 Å². The molecule has 0 saturated heterocycles. The fraction of sp³-hybridized carbons (Fsp3) is 0.867. The second-order valence-corrected chi connectivity index (χ2v) is 4.91. The number of aliphatic carboxylic acids is 1. The highest BCUT2D eigenvalue weighted by Gasteiger charge is 2.26. The van der Waals surface area contributed by atoms with Crippen LogP contribution in [0.2, 0.25) is 0 Å². The van der Waals surface area contributed by atoms with E-state index in [-0.39, 0.29) is 6.61 Å². The standard InChI is InChI=1S/C15H28O4/c1-3-5-6-7-8-9-10-11-12-13(14(16)17)15(18)19-4-2/h13H,3-12H2,1-2H3,(H,16,17). The third-order valence-electron chi connectivity index (χ3n) is 3.22. The van der Waals surface area contributed by atoms with Crippen molar-refractivity contribution in [1.82, 2.24) is 0 Å². The average Bonchev–Trinajstić information content (AvgIpc) is 2.36. The van der Waals surface area contributed by atoms with Crippen molar-refractivity contribution in [2.45, 2.75) is 71.6 Å². The molecule has 0 radical (unpaired) electrons. The average molecular weight is 272 g/mol. The SMILES string of the molecule is CCCCCCCCCCC(C(=O)O)C(=O)OCC. The van der Waals surface area contributed by atoms with Crippen LogP contribution in [0.1, 0.15) is 71.6 Å². The smallest absolute Gasteiger partial charge is 0.320 e. The van der Waals surface area contributed by atoms with Crippen molar-refractivity contribution < 1.29 is 19.4 Å². The first kappa shape index (κ1) is 17.9. The lowest BCUT2D eigenvalue weighted by Gasteiger charge is -2.10. The predicted molar refractivity (Wildman–Crippen MR) is 75.0 cm³/mol. The number of carboxylic acid groups (broad SMARTS) is 1. The van der Waals surface area contributed by atoms with E-state index >= 15 is 0 Å². The second kappa shape index (κ2) is 12.0. The molecule has 0 rings (SSSR count). The number of rotatable bonds is 12. The maximum Gasteiger partial charge on any atom is 0.320 e. The summed E-state index contributed by atoms with van der Waals surface area (Å²) in [5, 5.41) is 8.97. The van der Waals surface area contributed by atoms with E-state index in [1.165, 1.54) is 32.1 Å². The van der Waals surface area contributed by atoms with Crippen molar-refractivity contribution in [2.75, 3.05) is 6.61 Å². The van der Waals surface area contributed by atoms with Gasteiger partial charge in [-0.3, -0.25) is 9.59 Å². The molecule has 0 aromatic rings. The molecule has 0 bridgehead atoms. The molecule has 19 heavy (non-hydrogen) atoms. The van der Waals surface area contributed by atoms with Gasteiger partial charge in [-0.25, -0.2) is 0 Å². The summed E-state index contributed by atoms with van der Waals surface area (Å²) in [6.45, 7) is 4.12. The van der Waals surface area contributed by atoms with Gasteiger partial charge in [0, 0.05) is 0 Å². The van der Waals surface area contributed by atoms with Gasteiger partial charge in [-0.15, -0.1) is 0 Å². The van der Waals surface area contributed by atoms with Crippen LogP contribution in [0.15, 0.2) is 0 Å². The molecule has 4 nitrogen and oxygen atoms in total. The first-order valence-corrected chi connectivity index (χ1v) is 7.52. The second-order valence-electron chi connectivity index (χ2n) is 4.91. The fourth-order valence-electron chi connectivity index (χ4n) is 2.07. The summed E-state index contributed by atoms with van der Waals surface area (Å²) >= 11 is 0. The molecule has 0 aliphatic carbocycles. The summed E-state index contributed by atoms with van der Waals surface area (Å²) < 4.78 is 4.77. The molecule has 0 aromatic heterocycles. The van der Waals surface area contributed by atoms with Crippen LogP contribution in [0, 0.1) is 5.92 Å². The summed E-state index contributed by atoms with van der Waals surface area (Å²) in [5.41, 5.74) is 0. The molecular formula is C15H28O4. The van der Waals surface area contributed by atoms with Gasteiger partial charge in [0.15, 0.2) is 5.92 Å². The van der Waals surface area contributed by atoms with E-state index < -0.39 is 17.9 Å². The summed E-state index contributed by atoms with van der Waals surface area (Å²) in [5.74, 6) is -2.65. The zero-order valence-corrected chi connectivity index (χ0v) is 12.3. The van der Waals surface area contributed by atoms with Gasteiger partial charge >= 0.3 is 11.9 Å². The van der Waals surface area contributed by atoms with Crippen molar-refractivity contribution in [3.05, 3.63) is 0 Å². The lowest BCUT2D eigenvalue weighted by atomic mass is 10.00.